The standard InChI is InChI=1S/C30H29F4NO/c31-22-11-7-19(8-12-22)26-23(15-18-5-9-21(10-6-18)30(32,33)34)28(20-3-1-2-4-20)35-24-16-29(13-14-29)17-25(36)27(24)26/h5-12,20,25,36H,1-4,13-17H2. The predicted molar refractivity (Wildman–Crippen MR) is 130 cm³/mol. The summed E-state index contributed by atoms with van der Waals surface area (Å²) in [7, 11) is 0. The van der Waals surface area contributed by atoms with Crippen LogP contribution < -0.4 is 0 Å². The first-order valence-corrected chi connectivity index (χ1v) is 12.9. The summed E-state index contributed by atoms with van der Waals surface area (Å²) in [6.07, 6.45) is 3.41. The summed E-state index contributed by atoms with van der Waals surface area (Å²) < 4.78 is 53.4. The number of hydrogen-bond acceptors (Lipinski definition) is 2. The first-order chi connectivity index (χ1) is 17.2. The normalized spacial score (nSPS) is 21.1. The lowest BCUT2D eigenvalue weighted by molar-refractivity contribution is -0.137. The number of nitrogens with zero attached hydrogens (tertiary/aromatic N) is 1. The van der Waals surface area contributed by atoms with Crippen molar-refractivity contribution < 1.29 is 22.7 Å². The summed E-state index contributed by atoms with van der Waals surface area (Å²) in [5, 5.41) is 11.4. The van der Waals surface area contributed by atoms with Gasteiger partial charge in [0.25, 0.3) is 0 Å². The summed E-state index contributed by atoms with van der Waals surface area (Å²) in [6, 6.07) is 11.7. The molecular weight excluding hydrogens is 466 g/mol. The SMILES string of the molecule is OC1CC2(CC2)Cc2nc(C3CCCC3)c(Cc3ccc(C(F)(F)F)cc3)c(-c3ccc(F)cc3)c21. The molecule has 0 radical (unpaired) electrons. The summed E-state index contributed by atoms with van der Waals surface area (Å²) in [5.41, 5.74) is 5.68. The highest BCUT2D eigenvalue weighted by Gasteiger charge is 2.49. The zero-order valence-electron chi connectivity index (χ0n) is 20.0. The van der Waals surface area contributed by atoms with Gasteiger partial charge in [0.1, 0.15) is 5.82 Å². The van der Waals surface area contributed by atoms with Gasteiger partial charge in [-0.1, -0.05) is 37.1 Å². The molecule has 1 heterocycles. The highest BCUT2D eigenvalue weighted by molar-refractivity contribution is 5.74. The third-order valence-electron chi connectivity index (χ3n) is 8.44. The molecule has 3 aromatic rings. The Balaban J connectivity index is 1.54. The number of fused-ring (bicyclic) bond motifs is 1. The van der Waals surface area contributed by atoms with E-state index >= 15 is 0 Å². The Morgan fingerprint density at radius 2 is 1.61 bits per heavy atom. The van der Waals surface area contributed by atoms with Crippen LogP contribution in [-0.4, -0.2) is 10.1 Å². The minimum atomic E-state index is -4.39. The zero-order valence-corrected chi connectivity index (χ0v) is 20.0. The van der Waals surface area contributed by atoms with E-state index in [0.29, 0.717) is 12.8 Å². The third-order valence-corrected chi connectivity index (χ3v) is 8.44. The smallest absolute Gasteiger partial charge is 0.388 e. The van der Waals surface area contributed by atoms with Crippen molar-refractivity contribution in [3.63, 3.8) is 0 Å². The molecule has 2 nitrogen and oxygen atoms in total. The van der Waals surface area contributed by atoms with Crippen LogP contribution in [0.4, 0.5) is 17.6 Å². The average molecular weight is 496 g/mol. The molecule has 3 aliphatic carbocycles. The van der Waals surface area contributed by atoms with E-state index in [0.717, 1.165) is 96.3 Å². The Kier molecular flexibility index (Phi) is 5.71. The lowest BCUT2D eigenvalue weighted by atomic mass is 9.76. The van der Waals surface area contributed by atoms with Gasteiger partial charge in [-0.05, 0) is 96.9 Å². The molecule has 1 atom stereocenters. The van der Waals surface area contributed by atoms with Crippen LogP contribution in [0.15, 0.2) is 48.5 Å². The fraction of sp³-hybridized carbons (Fsp3) is 0.433. The number of pyridine rings is 1. The maximum atomic E-state index is 13.9. The lowest BCUT2D eigenvalue weighted by Crippen LogP contribution is -2.24. The number of aliphatic hydroxyl groups excluding tert-OH is 1. The number of aromatic nitrogens is 1. The van der Waals surface area contributed by atoms with Crippen molar-refractivity contribution in [2.45, 2.75) is 76.0 Å². The van der Waals surface area contributed by atoms with Crippen molar-refractivity contribution in [2.75, 3.05) is 0 Å². The second-order valence-corrected chi connectivity index (χ2v) is 11.0. The first-order valence-electron chi connectivity index (χ1n) is 12.9. The van der Waals surface area contributed by atoms with Gasteiger partial charge in [0.15, 0.2) is 0 Å². The summed E-state index contributed by atoms with van der Waals surface area (Å²) in [4.78, 5) is 5.22. The highest BCUT2D eigenvalue weighted by Crippen LogP contribution is 2.59. The molecule has 0 bridgehead atoms. The second kappa shape index (κ2) is 8.69. The van der Waals surface area contributed by atoms with Crippen LogP contribution in [0.3, 0.4) is 0 Å². The fourth-order valence-electron chi connectivity index (χ4n) is 6.38. The van der Waals surface area contributed by atoms with E-state index in [-0.39, 0.29) is 17.2 Å². The van der Waals surface area contributed by atoms with Crippen LogP contribution in [0.1, 0.15) is 90.6 Å². The first kappa shape index (κ1) is 23.7. The van der Waals surface area contributed by atoms with Crippen LogP contribution >= 0.6 is 0 Å². The average Bonchev–Trinajstić information content (AvgIpc) is 3.34. The Labute approximate surface area is 208 Å². The maximum absolute atomic E-state index is 13.9. The van der Waals surface area contributed by atoms with Crippen LogP contribution in [0.25, 0.3) is 11.1 Å². The van der Waals surface area contributed by atoms with Crippen molar-refractivity contribution in [2.24, 2.45) is 5.41 Å². The Bertz CT molecular complexity index is 1270. The molecule has 3 aliphatic rings. The molecule has 0 saturated heterocycles. The molecule has 0 amide bonds. The molecule has 6 heteroatoms. The zero-order chi connectivity index (χ0) is 25.1. The molecule has 36 heavy (non-hydrogen) atoms. The predicted octanol–water partition coefficient (Wildman–Crippen LogP) is 7.91. The monoisotopic (exact) mass is 495 g/mol. The van der Waals surface area contributed by atoms with Crippen molar-refractivity contribution in [1.29, 1.82) is 0 Å². The van der Waals surface area contributed by atoms with Gasteiger partial charge in [-0.25, -0.2) is 4.39 Å². The van der Waals surface area contributed by atoms with Crippen molar-refractivity contribution in [3.8, 4) is 11.1 Å². The topological polar surface area (TPSA) is 33.1 Å². The van der Waals surface area contributed by atoms with Gasteiger partial charge in [0.2, 0.25) is 0 Å². The number of aliphatic hydroxyl groups is 1. The van der Waals surface area contributed by atoms with Crippen LogP contribution in [0.2, 0.25) is 0 Å². The largest absolute Gasteiger partial charge is 0.416 e. The Morgan fingerprint density at radius 1 is 0.944 bits per heavy atom. The molecule has 1 aromatic heterocycles. The maximum Gasteiger partial charge on any atom is 0.416 e. The molecule has 1 unspecified atom stereocenters. The number of hydrogen-bond donors (Lipinski definition) is 1. The second-order valence-electron chi connectivity index (χ2n) is 11.0. The van der Waals surface area contributed by atoms with E-state index in [1.807, 2.05) is 0 Å². The summed E-state index contributed by atoms with van der Waals surface area (Å²) in [6.45, 7) is 0. The molecule has 0 aliphatic heterocycles. The fourth-order valence-corrected chi connectivity index (χ4v) is 6.38. The molecule has 2 fully saturated rings. The summed E-state index contributed by atoms with van der Waals surface area (Å²) in [5.74, 6) is -0.0485. The third kappa shape index (κ3) is 4.34. The minimum absolute atomic E-state index is 0.140. The van der Waals surface area contributed by atoms with Crippen LogP contribution in [0.5, 0.6) is 0 Å². The van der Waals surface area contributed by atoms with E-state index in [9.17, 15) is 22.7 Å². The van der Waals surface area contributed by atoms with E-state index < -0.39 is 17.8 Å². The van der Waals surface area contributed by atoms with Gasteiger partial charge in [-0.3, -0.25) is 4.98 Å². The molecular formula is C30H29F4NO. The lowest BCUT2D eigenvalue weighted by Gasteiger charge is -2.33. The van der Waals surface area contributed by atoms with E-state index in [1.165, 1.54) is 24.3 Å². The van der Waals surface area contributed by atoms with Gasteiger partial charge in [0, 0.05) is 22.9 Å². The van der Waals surface area contributed by atoms with Gasteiger partial charge in [-0.2, -0.15) is 13.2 Å². The van der Waals surface area contributed by atoms with Gasteiger partial charge in [0.05, 0.1) is 11.7 Å². The van der Waals surface area contributed by atoms with Gasteiger partial charge in [-0.15, -0.1) is 0 Å². The molecule has 2 aromatic carbocycles. The van der Waals surface area contributed by atoms with E-state index in [2.05, 4.69) is 0 Å². The van der Waals surface area contributed by atoms with Crippen molar-refractivity contribution >= 4 is 0 Å². The van der Waals surface area contributed by atoms with Gasteiger partial charge >= 0.3 is 6.18 Å². The number of alkyl halides is 3. The summed E-state index contributed by atoms with van der Waals surface area (Å²) >= 11 is 0. The molecule has 1 N–H and O–H groups in total. The molecule has 6 rings (SSSR count). The molecule has 2 saturated carbocycles. The van der Waals surface area contributed by atoms with Crippen LogP contribution in [-0.2, 0) is 19.0 Å². The van der Waals surface area contributed by atoms with Crippen LogP contribution in [0, 0.1) is 11.2 Å². The minimum Gasteiger partial charge on any atom is -0.388 e. The number of rotatable bonds is 4. The molecule has 1 spiro atoms. The Morgan fingerprint density at radius 3 is 2.22 bits per heavy atom. The van der Waals surface area contributed by atoms with E-state index in [1.54, 1.807) is 12.1 Å². The molecule has 188 valence electrons. The van der Waals surface area contributed by atoms with Crippen molar-refractivity contribution in [3.05, 3.63) is 88.0 Å². The quantitative estimate of drug-likeness (QED) is 0.373. The van der Waals surface area contributed by atoms with Crippen molar-refractivity contribution in [1.82, 2.24) is 4.98 Å². The Hall–Kier alpha value is -2.73. The highest BCUT2D eigenvalue weighted by atomic mass is 19.4. The number of halogens is 4. The van der Waals surface area contributed by atoms with E-state index in [4.69, 9.17) is 4.98 Å². The van der Waals surface area contributed by atoms with Gasteiger partial charge < -0.3 is 5.11 Å². The number of benzene rings is 2.